The summed E-state index contributed by atoms with van der Waals surface area (Å²) in [5, 5.41) is 0.679. The second kappa shape index (κ2) is 12.1. The van der Waals surface area contributed by atoms with Crippen LogP contribution in [0.5, 0.6) is 5.75 Å². The van der Waals surface area contributed by atoms with E-state index < -0.39 is 20.0 Å². The van der Waals surface area contributed by atoms with E-state index in [-0.39, 0.29) is 11.3 Å². The molecule has 0 saturated carbocycles. The zero-order valence-corrected chi connectivity index (χ0v) is 20.6. The number of halogens is 1. The minimum atomic E-state index is -2.04. The summed E-state index contributed by atoms with van der Waals surface area (Å²) in [6.45, 7) is 7.93. The van der Waals surface area contributed by atoms with Gasteiger partial charge in [-0.15, -0.1) is 0 Å². The van der Waals surface area contributed by atoms with E-state index >= 15 is 0 Å². The van der Waals surface area contributed by atoms with Crippen molar-refractivity contribution in [2.75, 3.05) is 19.8 Å². The van der Waals surface area contributed by atoms with Crippen molar-refractivity contribution in [2.45, 2.75) is 52.1 Å². The van der Waals surface area contributed by atoms with Gasteiger partial charge in [0.25, 0.3) is 0 Å². The predicted molar refractivity (Wildman–Crippen MR) is 129 cm³/mol. The fourth-order valence-electron chi connectivity index (χ4n) is 3.83. The van der Waals surface area contributed by atoms with E-state index in [4.69, 9.17) is 18.0 Å². The Bertz CT molecular complexity index is 1100. The van der Waals surface area contributed by atoms with E-state index in [9.17, 15) is 9.18 Å². The van der Waals surface area contributed by atoms with Gasteiger partial charge in [-0.25, -0.2) is 9.18 Å². The number of rotatable bonds is 13. The molecule has 8 heteroatoms. The topological polar surface area (TPSA) is 70.8 Å². The maximum atomic E-state index is 14.6. The lowest BCUT2D eigenvalue weighted by atomic mass is 10.1. The SMILES string of the molecule is CCO[Si](C)(CCCCCCOc1ccc(-c2cc3cnccc3oc2=O)cc1F)OCC. The van der Waals surface area contributed by atoms with Crippen molar-refractivity contribution in [2.24, 2.45) is 0 Å². The fourth-order valence-corrected chi connectivity index (χ4v) is 6.32. The maximum Gasteiger partial charge on any atom is 0.344 e. The minimum absolute atomic E-state index is 0.179. The average Bonchev–Trinajstić information content (AvgIpc) is 2.79. The summed E-state index contributed by atoms with van der Waals surface area (Å²) < 4.78 is 37.3. The molecule has 6 nitrogen and oxygen atoms in total. The second-order valence-corrected chi connectivity index (χ2v) is 11.4. The van der Waals surface area contributed by atoms with Crippen LogP contribution in [-0.4, -0.2) is 33.4 Å². The molecule has 0 fully saturated rings. The quantitative estimate of drug-likeness (QED) is 0.221. The molecule has 33 heavy (non-hydrogen) atoms. The van der Waals surface area contributed by atoms with Crippen molar-refractivity contribution in [1.29, 1.82) is 0 Å². The van der Waals surface area contributed by atoms with Gasteiger partial charge in [-0.05, 0) is 62.7 Å². The summed E-state index contributed by atoms with van der Waals surface area (Å²) in [5.41, 5.74) is 0.655. The number of benzene rings is 1. The van der Waals surface area contributed by atoms with Crippen LogP contribution >= 0.6 is 0 Å². The van der Waals surface area contributed by atoms with Gasteiger partial charge in [0.15, 0.2) is 11.6 Å². The molecule has 2 aromatic heterocycles. The Hall–Kier alpha value is -2.55. The lowest BCUT2D eigenvalue weighted by Crippen LogP contribution is -2.38. The lowest BCUT2D eigenvalue weighted by molar-refractivity contribution is 0.188. The molecule has 0 aliphatic carbocycles. The van der Waals surface area contributed by atoms with Gasteiger partial charge >= 0.3 is 14.2 Å². The molecule has 3 aromatic rings. The van der Waals surface area contributed by atoms with Crippen molar-refractivity contribution < 1.29 is 22.4 Å². The normalized spacial score (nSPS) is 11.8. The second-order valence-electron chi connectivity index (χ2n) is 8.02. The van der Waals surface area contributed by atoms with Crippen molar-refractivity contribution in [3.63, 3.8) is 0 Å². The first kappa shape index (κ1) is 25.1. The average molecular weight is 474 g/mol. The largest absolute Gasteiger partial charge is 0.491 e. The van der Waals surface area contributed by atoms with Crippen LogP contribution in [-0.2, 0) is 8.85 Å². The predicted octanol–water partition coefficient (Wildman–Crippen LogP) is 6.08. The van der Waals surface area contributed by atoms with Crippen LogP contribution in [0.1, 0.15) is 39.5 Å². The van der Waals surface area contributed by atoms with Gasteiger partial charge < -0.3 is 18.0 Å². The third-order valence-corrected chi connectivity index (χ3v) is 8.52. The van der Waals surface area contributed by atoms with E-state index in [2.05, 4.69) is 11.5 Å². The Morgan fingerprint density at radius 3 is 2.52 bits per heavy atom. The van der Waals surface area contributed by atoms with Crippen LogP contribution in [0.25, 0.3) is 22.1 Å². The van der Waals surface area contributed by atoms with E-state index in [0.29, 0.717) is 36.4 Å². The van der Waals surface area contributed by atoms with E-state index in [1.165, 1.54) is 6.07 Å². The van der Waals surface area contributed by atoms with Crippen LogP contribution in [0.3, 0.4) is 0 Å². The first-order chi connectivity index (χ1) is 16.0. The molecule has 0 atom stereocenters. The third-order valence-electron chi connectivity index (χ3n) is 5.46. The molecule has 0 N–H and O–H groups in total. The highest BCUT2D eigenvalue weighted by atomic mass is 28.4. The molecule has 1 aromatic carbocycles. The van der Waals surface area contributed by atoms with Gasteiger partial charge in [0, 0.05) is 31.0 Å². The summed E-state index contributed by atoms with van der Waals surface area (Å²) in [6.07, 6.45) is 7.09. The maximum absolute atomic E-state index is 14.6. The molecule has 2 heterocycles. The number of hydrogen-bond acceptors (Lipinski definition) is 6. The number of hydrogen-bond donors (Lipinski definition) is 0. The Balaban J connectivity index is 1.49. The van der Waals surface area contributed by atoms with Crippen molar-refractivity contribution in [1.82, 2.24) is 4.98 Å². The van der Waals surface area contributed by atoms with Crippen LogP contribution in [0.4, 0.5) is 4.39 Å². The minimum Gasteiger partial charge on any atom is -0.491 e. The highest BCUT2D eigenvalue weighted by Gasteiger charge is 2.29. The number of aromatic nitrogens is 1. The standard InChI is InChI=1S/C25H32FNO5Si/c1-4-30-33(3,31-5-2)15-9-7-6-8-14-29-24-11-10-19(17-22(24)26)21-16-20-18-27-13-12-23(20)32-25(21)28/h10-13,16-18H,4-9,14-15H2,1-3H3. The summed E-state index contributed by atoms with van der Waals surface area (Å²) in [4.78, 5) is 16.3. The Morgan fingerprint density at radius 1 is 1.03 bits per heavy atom. The summed E-state index contributed by atoms with van der Waals surface area (Å²) in [6, 6.07) is 8.78. The van der Waals surface area contributed by atoms with Gasteiger partial charge in [-0.1, -0.05) is 25.3 Å². The van der Waals surface area contributed by atoms with E-state index in [0.717, 1.165) is 31.7 Å². The molecule has 0 unspecified atom stereocenters. The molecule has 0 spiro atoms. The summed E-state index contributed by atoms with van der Waals surface area (Å²) in [7, 11) is -2.04. The molecule has 3 rings (SSSR count). The first-order valence-corrected chi connectivity index (χ1v) is 14.1. The van der Waals surface area contributed by atoms with Gasteiger partial charge in [-0.3, -0.25) is 4.98 Å². The van der Waals surface area contributed by atoms with Crippen LogP contribution in [0.15, 0.2) is 51.9 Å². The Kier molecular flexibility index (Phi) is 9.17. The number of nitrogens with zero attached hydrogens (tertiary/aromatic N) is 1. The monoisotopic (exact) mass is 473 g/mol. The van der Waals surface area contributed by atoms with Crippen LogP contribution in [0, 0.1) is 5.82 Å². The van der Waals surface area contributed by atoms with Crippen LogP contribution < -0.4 is 10.4 Å². The number of fused-ring (bicyclic) bond motifs is 1. The van der Waals surface area contributed by atoms with Crippen LogP contribution in [0.2, 0.25) is 12.6 Å². The fraction of sp³-hybridized carbons (Fsp3) is 0.440. The molecule has 0 aliphatic heterocycles. The van der Waals surface area contributed by atoms with Gasteiger partial charge in [0.1, 0.15) is 5.58 Å². The van der Waals surface area contributed by atoms with Gasteiger partial charge in [0.2, 0.25) is 0 Å². The highest BCUT2D eigenvalue weighted by Crippen LogP contribution is 2.26. The molecule has 0 bridgehead atoms. The van der Waals surface area contributed by atoms with Crippen molar-refractivity contribution >= 4 is 19.5 Å². The molecular weight excluding hydrogens is 441 g/mol. The van der Waals surface area contributed by atoms with Crippen molar-refractivity contribution in [3.05, 3.63) is 59.0 Å². The smallest absolute Gasteiger partial charge is 0.344 e. The number of ether oxygens (including phenoxy) is 1. The molecule has 0 amide bonds. The van der Waals surface area contributed by atoms with E-state index in [1.54, 1.807) is 36.7 Å². The molecule has 178 valence electrons. The number of unbranched alkanes of at least 4 members (excludes halogenated alkanes) is 3. The molecule has 0 saturated heterocycles. The Morgan fingerprint density at radius 2 is 1.79 bits per heavy atom. The highest BCUT2D eigenvalue weighted by molar-refractivity contribution is 6.66. The van der Waals surface area contributed by atoms with E-state index in [1.807, 2.05) is 13.8 Å². The third kappa shape index (κ3) is 6.96. The van der Waals surface area contributed by atoms with Crippen molar-refractivity contribution in [3.8, 4) is 16.9 Å². The zero-order valence-electron chi connectivity index (χ0n) is 19.6. The summed E-state index contributed by atoms with van der Waals surface area (Å²) >= 11 is 0. The molecule has 0 radical (unpaired) electrons. The zero-order chi connectivity index (χ0) is 23.7. The number of pyridine rings is 1. The Labute approximate surface area is 195 Å². The summed E-state index contributed by atoms with van der Waals surface area (Å²) in [5.74, 6) is -0.327. The first-order valence-electron chi connectivity index (χ1n) is 11.5. The van der Waals surface area contributed by atoms with Gasteiger partial charge in [-0.2, -0.15) is 0 Å². The van der Waals surface area contributed by atoms with Gasteiger partial charge in [0.05, 0.1) is 12.2 Å². The molecule has 0 aliphatic rings. The molecular formula is C25H32FNO5Si. The lowest BCUT2D eigenvalue weighted by Gasteiger charge is -2.25.